The summed E-state index contributed by atoms with van der Waals surface area (Å²) in [5, 5.41) is 6.24. The minimum absolute atomic E-state index is 0.152. The zero-order chi connectivity index (χ0) is 19.5. The second-order valence-corrected chi connectivity index (χ2v) is 8.03. The summed E-state index contributed by atoms with van der Waals surface area (Å²) < 4.78 is 11.9. The molecule has 0 N–H and O–H groups in total. The van der Waals surface area contributed by atoms with E-state index in [1.54, 1.807) is 23.7 Å². The van der Waals surface area contributed by atoms with Crippen LogP contribution in [0.25, 0.3) is 22.8 Å². The highest BCUT2D eigenvalue weighted by Crippen LogP contribution is 2.32. The van der Waals surface area contributed by atoms with Crippen LogP contribution in [0.15, 0.2) is 70.8 Å². The number of thiophene rings is 1. The molecule has 29 heavy (non-hydrogen) atoms. The van der Waals surface area contributed by atoms with E-state index >= 15 is 0 Å². The smallest absolute Gasteiger partial charge is 0.262 e. The first-order chi connectivity index (χ1) is 14.3. The summed E-state index contributed by atoms with van der Waals surface area (Å²) >= 11 is 1.80. The van der Waals surface area contributed by atoms with Gasteiger partial charge in [-0.1, -0.05) is 23.4 Å². The molecule has 4 heterocycles. The zero-order valence-electron chi connectivity index (χ0n) is 15.8. The van der Waals surface area contributed by atoms with Gasteiger partial charge in [-0.2, -0.15) is 4.98 Å². The summed E-state index contributed by atoms with van der Waals surface area (Å²) in [7, 11) is 0. The number of hydrogen-bond donors (Lipinski definition) is 0. The maximum absolute atomic E-state index is 6.35. The van der Waals surface area contributed by atoms with Crippen LogP contribution in [-0.2, 0) is 6.54 Å². The highest BCUT2D eigenvalue weighted by molar-refractivity contribution is 7.09. The predicted octanol–water partition coefficient (Wildman–Crippen LogP) is 4.51. The number of rotatable bonds is 6. The van der Waals surface area contributed by atoms with Crippen molar-refractivity contribution >= 4 is 11.3 Å². The van der Waals surface area contributed by atoms with Crippen molar-refractivity contribution in [1.82, 2.24) is 20.0 Å². The Labute approximate surface area is 172 Å². The molecular weight excluding hydrogens is 384 g/mol. The number of ether oxygens (including phenoxy) is 1. The lowest BCUT2D eigenvalue weighted by Gasteiger charge is -2.17. The normalized spacial score (nSPS) is 16.9. The third kappa shape index (κ3) is 4.06. The van der Waals surface area contributed by atoms with Crippen LogP contribution in [-0.4, -0.2) is 39.2 Å². The second-order valence-electron chi connectivity index (χ2n) is 7.00. The van der Waals surface area contributed by atoms with Gasteiger partial charge < -0.3 is 9.26 Å². The summed E-state index contributed by atoms with van der Waals surface area (Å²) in [4.78, 5) is 12.4. The standard InChI is InChI=1S/C22H20N4O2S/c1-2-6-20(27-17-9-12-26(14-17)15-18-4-3-13-29-18)19(5-1)22-24-21(25-28-22)16-7-10-23-11-8-16/h1-8,10-11,13,17H,9,12,14-15H2. The highest BCUT2D eigenvalue weighted by Gasteiger charge is 2.25. The Morgan fingerprint density at radius 3 is 2.86 bits per heavy atom. The molecule has 6 nitrogen and oxygen atoms in total. The quantitative estimate of drug-likeness (QED) is 0.471. The largest absolute Gasteiger partial charge is 0.488 e. The Morgan fingerprint density at radius 2 is 2.00 bits per heavy atom. The fraction of sp³-hybridized carbons (Fsp3) is 0.227. The van der Waals surface area contributed by atoms with Crippen LogP contribution in [0.4, 0.5) is 0 Å². The zero-order valence-corrected chi connectivity index (χ0v) is 16.6. The first-order valence-electron chi connectivity index (χ1n) is 9.60. The van der Waals surface area contributed by atoms with Crippen LogP contribution in [0.5, 0.6) is 5.75 Å². The van der Waals surface area contributed by atoms with Crippen molar-refractivity contribution in [2.24, 2.45) is 0 Å². The van der Waals surface area contributed by atoms with Gasteiger partial charge in [0.05, 0.1) is 5.56 Å². The van der Waals surface area contributed by atoms with Crippen molar-refractivity contribution in [2.45, 2.75) is 19.1 Å². The van der Waals surface area contributed by atoms with E-state index in [1.807, 2.05) is 36.4 Å². The molecule has 0 bridgehead atoms. The summed E-state index contributed by atoms with van der Waals surface area (Å²) in [6.07, 6.45) is 4.58. The number of likely N-dealkylation sites (tertiary alicyclic amines) is 1. The summed E-state index contributed by atoms with van der Waals surface area (Å²) in [5.74, 6) is 1.78. The third-order valence-electron chi connectivity index (χ3n) is 4.96. The van der Waals surface area contributed by atoms with Gasteiger partial charge in [-0.3, -0.25) is 9.88 Å². The van der Waals surface area contributed by atoms with Crippen molar-refractivity contribution in [3.8, 4) is 28.6 Å². The maximum Gasteiger partial charge on any atom is 0.262 e. The van der Waals surface area contributed by atoms with E-state index in [1.165, 1.54) is 4.88 Å². The van der Waals surface area contributed by atoms with Crippen molar-refractivity contribution in [2.75, 3.05) is 13.1 Å². The summed E-state index contributed by atoms with van der Waals surface area (Å²) in [6, 6.07) is 15.9. The van der Waals surface area contributed by atoms with Crippen LogP contribution in [0.3, 0.4) is 0 Å². The molecule has 0 radical (unpaired) electrons. The lowest BCUT2D eigenvalue weighted by atomic mass is 10.2. The molecule has 1 fully saturated rings. The van der Waals surface area contributed by atoms with Crippen molar-refractivity contribution in [1.29, 1.82) is 0 Å². The van der Waals surface area contributed by atoms with Crippen LogP contribution < -0.4 is 4.74 Å². The average molecular weight is 404 g/mol. The van der Waals surface area contributed by atoms with E-state index in [0.717, 1.165) is 42.9 Å². The van der Waals surface area contributed by atoms with Gasteiger partial charge in [-0.15, -0.1) is 11.3 Å². The number of pyridine rings is 1. The molecule has 1 aliphatic rings. The number of para-hydroxylation sites is 1. The Bertz CT molecular complexity index is 1070. The predicted molar refractivity (Wildman–Crippen MR) is 112 cm³/mol. The summed E-state index contributed by atoms with van der Waals surface area (Å²) in [5.41, 5.74) is 1.69. The molecule has 146 valence electrons. The maximum atomic E-state index is 6.35. The van der Waals surface area contributed by atoms with E-state index in [-0.39, 0.29) is 6.10 Å². The molecule has 1 saturated heterocycles. The molecule has 1 aromatic carbocycles. The topological polar surface area (TPSA) is 64.3 Å². The molecule has 0 saturated carbocycles. The van der Waals surface area contributed by atoms with E-state index in [2.05, 4.69) is 37.5 Å². The summed E-state index contributed by atoms with van der Waals surface area (Å²) in [6.45, 7) is 2.94. The molecule has 0 aliphatic carbocycles. The van der Waals surface area contributed by atoms with Crippen molar-refractivity contribution < 1.29 is 9.26 Å². The van der Waals surface area contributed by atoms with E-state index < -0.39 is 0 Å². The molecular formula is C22H20N4O2S. The van der Waals surface area contributed by atoms with Gasteiger partial charge in [0.15, 0.2) is 0 Å². The number of nitrogens with zero attached hydrogens (tertiary/aromatic N) is 4. The Balaban J connectivity index is 1.31. The Morgan fingerprint density at radius 1 is 1.10 bits per heavy atom. The van der Waals surface area contributed by atoms with E-state index in [9.17, 15) is 0 Å². The molecule has 0 spiro atoms. The molecule has 1 aliphatic heterocycles. The van der Waals surface area contributed by atoms with Gasteiger partial charge in [0.1, 0.15) is 11.9 Å². The SMILES string of the molecule is c1csc(CN2CCC(Oc3ccccc3-c3nc(-c4ccncc4)no3)C2)c1. The first kappa shape index (κ1) is 18.0. The monoisotopic (exact) mass is 404 g/mol. The molecule has 4 aromatic rings. The van der Waals surface area contributed by atoms with Crippen LogP contribution in [0, 0.1) is 0 Å². The van der Waals surface area contributed by atoms with Gasteiger partial charge in [-0.25, -0.2) is 0 Å². The van der Waals surface area contributed by atoms with Gasteiger partial charge in [0.2, 0.25) is 5.82 Å². The van der Waals surface area contributed by atoms with Gasteiger partial charge in [-0.05, 0) is 42.1 Å². The minimum atomic E-state index is 0.152. The molecule has 7 heteroatoms. The van der Waals surface area contributed by atoms with Crippen LogP contribution >= 0.6 is 11.3 Å². The Kier molecular flexibility index (Phi) is 5.06. The number of benzene rings is 1. The fourth-order valence-corrected chi connectivity index (χ4v) is 4.28. The fourth-order valence-electron chi connectivity index (χ4n) is 3.54. The molecule has 3 aromatic heterocycles. The molecule has 1 unspecified atom stereocenters. The number of hydrogen-bond acceptors (Lipinski definition) is 7. The van der Waals surface area contributed by atoms with Crippen molar-refractivity contribution in [3.63, 3.8) is 0 Å². The van der Waals surface area contributed by atoms with Gasteiger partial charge >= 0.3 is 0 Å². The lowest BCUT2D eigenvalue weighted by Crippen LogP contribution is -2.24. The molecule has 1 atom stereocenters. The molecule has 5 rings (SSSR count). The van der Waals surface area contributed by atoms with E-state index in [4.69, 9.17) is 9.26 Å². The van der Waals surface area contributed by atoms with Crippen LogP contribution in [0.1, 0.15) is 11.3 Å². The lowest BCUT2D eigenvalue weighted by molar-refractivity contribution is 0.199. The highest BCUT2D eigenvalue weighted by atomic mass is 32.1. The first-order valence-corrected chi connectivity index (χ1v) is 10.5. The van der Waals surface area contributed by atoms with Gasteiger partial charge in [0.25, 0.3) is 5.89 Å². The second kappa shape index (κ2) is 8.14. The van der Waals surface area contributed by atoms with Crippen LogP contribution in [0.2, 0.25) is 0 Å². The van der Waals surface area contributed by atoms with Crippen molar-refractivity contribution in [3.05, 3.63) is 71.2 Å². The molecule has 0 amide bonds. The average Bonchev–Trinajstić information content (AvgIpc) is 3.52. The number of aromatic nitrogens is 3. The van der Waals surface area contributed by atoms with E-state index in [0.29, 0.717) is 11.7 Å². The van der Waals surface area contributed by atoms with Gasteiger partial charge in [0, 0.05) is 42.5 Å². The third-order valence-corrected chi connectivity index (χ3v) is 5.83. The Hall–Kier alpha value is -3.03. The minimum Gasteiger partial charge on any atom is -0.488 e.